The molecule has 1 fully saturated rings. The van der Waals surface area contributed by atoms with Crippen molar-refractivity contribution in [1.82, 2.24) is 4.57 Å². The van der Waals surface area contributed by atoms with Crippen LogP contribution >= 0.6 is 0 Å². The fourth-order valence-corrected chi connectivity index (χ4v) is 3.65. The van der Waals surface area contributed by atoms with Gasteiger partial charge in [0.05, 0.1) is 42.0 Å². The fourth-order valence-electron chi connectivity index (χ4n) is 3.65. The average Bonchev–Trinajstić information content (AvgIpc) is 3.05. The maximum atomic E-state index is 11.9. The van der Waals surface area contributed by atoms with Gasteiger partial charge in [-0.25, -0.2) is 0 Å². The van der Waals surface area contributed by atoms with Crippen LogP contribution in [0.1, 0.15) is 47.6 Å². The number of nitrogens with zero attached hydrogens (tertiary/aromatic N) is 2. The van der Waals surface area contributed by atoms with Crippen LogP contribution in [-0.4, -0.2) is 36.9 Å². The van der Waals surface area contributed by atoms with Crippen LogP contribution in [0.3, 0.4) is 0 Å². The smallest absolute Gasteiger partial charge is 0.250 e. The second-order valence-electron chi connectivity index (χ2n) is 6.45. The van der Waals surface area contributed by atoms with Crippen LogP contribution in [0.4, 0.5) is 0 Å². The number of fused-ring (bicyclic) bond motifs is 1. The minimum Gasteiger partial charge on any atom is -0.382 e. The molecule has 25 heavy (non-hydrogen) atoms. The van der Waals surface area contributed by atoms with Crippen molar-refractivity contribution in [2.24, 2.45) is 5.73 Å². The first-order chi connectivity index (χ1) is 12.1. The topological polar surface area (TPSA) is 90.3 Å². The van der Waals surface area contributed by atoms with Crippen molar-refractivity contribution in [3.05, 3.63) is 35.5 Å². The third-order valence-electron chi connectivity index (χ3n) is 4.88. The quantitative estimate of drug-likeness (QED) is 0.818. The zero-order valence-electron chi connectivity index (χ0n) is 14.4. The number of hydrogen-bond donors (Lipinski definition) is 1. The maximum absolute atomic E-state index is 11.9. The Balaban J connectivity index is 1.81. The van der Waals surface area contributed by atoms with E-state index >= 15 is 0 Å². The van der Waals surface area contributed by atoms with Crippen LogP contribution in [0, 0.1) is 11.3 Å². The van der Waals surface area contributed by atoms with Gasteiger partial charge in [-0.15, -0.1) is 0 Å². The molecule has 0 radical (unpaired) electrons. The van der Waals surface area contributed by atoms with Gasteiger partial charge < -0.3 is 19.8 Å². The number of nitriles is 1. The van der Waals surface area contributed by atoms with Gasteiger partial charge >= 0.3 is 0 Å². The van der Waals surface area contributed by atoms with E-state index in [9.17, 15) is 4.79 Å². The third kappa shape index (κ3) is 3.68. The van der Waals surface area contributed by atoms with E-state index < -0.39 is 5.91 Å². The molecule has 1 aliphatic rings. The Kier molecular flexibility index (Phi) is 5.37. The summed E-state index contributed by atoms with van der Waals surface area (Å²) in [6.07, 6.45) is 6.20. The van der Waals surface area contributed by atoms with E-state index in [1.54, 1.807) is 19.2 Å². The van der Waals surface area contributed by atoms with E-state index in [-0.39, 0.29) is 6.10 Å². The molecule has 0 spiro atoms. The molecule has 0 unspecified atom stereocenters. The van der Waals surface area contributed by atoms with Crippen molar-refractivity contribution < 1.29 is 14.3 Å². The molecule has 1 heterocycles. The first-order valence-corrected chi connectivity index (χ1v) is 8.59. The summed E-state index contributed by atoms with van der Waals surface area (Å²) in [6, 6.07) is 7.74. The summed E-state index contributed by atoms with van der Waals surface area (Å²) < 4.78 is 13.0. The molecule has 2 aromatic rings. The SMILES string of the molecule is COCCOC1CCC(n2ccc3cc(C#N)cc(C(N)=O)c32)CC1. The molecule has 0 atom stereocenters. The number of benzene rings is 1. The molecule has 0 aliphatic heterocycles. The van der Waals surface area contributed by atoms with Gasteiger partial charge in [0.25, 0.3) is 5.91 Å². The lowest BCUT2D eigenvalue weighted by Gasteiger charge is -2.30. The lowest BCUT2D eigenvalue weighted by Crippen LogP contribution is -2.25. The summed E-state index contributed by atoms with van der Waals surface area (Å²) in [4.78, 5) is 11.9. The summed E-state index contributed by atoms with van der Waals surface area (Å²) in [7, 11) is 1.67. The van der Waals surface area contributed by atoms with Crippen LogP contribution in [-0.2, 0) is 9.47 Å². The van der Waals surface area contributed by atoms with E-state index in [4.69, 9.17) is 20.5 Å². The molecule has 0 bridgehead atoms. The number of carbonyl (C=O) groups is 1. The lowest BCUT2D eigenvalue weighted by atomic mass is 9.92. The normalized spacial score (nSPS) is 20.5. The molecule has 1 aromatic heterocycles. The van der Waals surface area contributed by atoms with Gasteiger partial charge in [-0.05, 0) is 43.9 Å². The number of amides is 1. The molecule has 132 valence electrons. The second kappa shape index (κ2) is 7.68. The van der Waals surface area contributed by atoms with E-state index in [0.29, 0.717) is 30.4 Å². The molecule has 1 saturated carbocycles. The number of primary amides is 1. The van der Waals surface area contributed by atoms with Gasteiger partial charge in [0.15, 0.2) is 0 Å². The highest BCUT2D eigenvalue weighted by Gasteiger charge is 2.25. The van der Waals surface area contributed by atoms with Crippen molar-refractivity contribution in [3.63, 3.8) is 0 Å². The highest BCUT2D eigenvalue weighted by Crippen LogP contribution is 2.34. The highest BCUT2D eigenvalue weighted by molar-refractivity contribution is 6.05. The first kappa shape index (κ1) is 17.5. The molecule has 1 aromatic carbocycles. The summed E-state index contributed by atoms with van der Waals surface area (Å²) in [5.41, 5.74) is 7.25. The number of ether oxygens (including phenoxy) is 2. The Bertz CT molecular complexity index is 798. The molecule has 1 aliphatic carbocycles. The standard InChI is InChI=1S/C19H23N3O3/c1-24-8-9-25-16-4-2-15(3-5-16)22-7-6-14-10-13(12-20)11-17(18(14)22)19(21)23/h6-7,10-11,15-16H,2-5,8-9H2,1H3,(H2,21,23). The number of hydrogen-bond acceptors (Lipinski definition) is 4. The van der Waals surface area contributed by atoms with E-state index in [0.717, 1.165) is 36.6 Å². The lowest BCUT2D eigenvalue weighted by molar-refractivity contribution is -0.00619. The molecule has 6 nitrogen and oxygen atoms in total. The zero-order chi connectivity index (χ0) is 17.8. The summed E-state index contributed by atoms with van der Waals surface area (Å²) in [6.45, 7) is 1.24. The Hall–Kier alpha value is -2.36. The summed E-state index contributed by atoms with van der Waals surface area (Å²) in [5.74, 6) is -0.501. The van der Waals surface area contributed by atoms with Gasteiger partial charge in [-0.2, -0.15) is 5.26 Å². The molecule has 6 heteroatoms. The van der Waals surface area contributed by atoms with Crippen molar-refractivity contribution in [1.29, 1.82) is 5.26 Å². The molecular weight excluding hydrogens is 318 g/mol. The van der Waals surface area contributed by atoms with Crippen LogP contribution in [0.25, 0.3) is 10.9 Å². The number of nitrogens with two attached hydrogens (primary N) is 1. The second-order valence-corrected chi connectivity index (χ2v) is 6.45. The van der Waals surface area contributed by atoms with E-state index in [1.807, 2.05) is 12.3 Å². The fraction of sp³-hybridized carbons (Fsp3) is 0.474. The highest BCUT2D eigenvalue weighted by atomic mass is 16.5. The van der Waals surface area contributed by atoms with Crippen LogP contribution in [0.15, 0.2) is 24.4 Å². The predicted octanol–water partition coefficient (Wildman–Crippen LogP) is 2.76. The van der Waals surface area contributed by atoms with Crippen molar-refractivity contribution in [3.8, 4) is 6.07 Å². The monoisotopic (exact) mass is 341 g/mol. The first-order valence-electron chi connectivity index (χ1n) is 8.59. The van der Waals surface area contributed by atoms with Gasteiger partial charge in [0, 0.05) is 24.7 Å². The van der Waals surface area contributed by atoms with E-state index in [2.05, 4.69) is 10.6 Å². The summed E-state index contributed by atoms with van der Waals surface area (Å²) in [5, 5.41) is 10.0. The average molecular weight is 341 g/mol. The minimum absolute atomic E-state index is 0.272. The third-order valence-corrected chi connectivity index (χ3v) is 4.88. The molecule has 3 rings (SSSR count). The molecular formula is C19H23N3O3. The largest absolute Gasteiger partial charge is 0.382 e. The Morgan fingerprint density at radius 2 is 2.08 bits per heavy atom. The maximum Gasteiger partial charge on any atom is 0.250 e. The zero-order valence-corrected chi connectivity index (χ0v) is 14.4. The predicted molar refractivity (Wildman–Crippen MR) is 94.3 cm³/mol. The Labute approximate surface area is 147 Å². The van der Waals surface area contributed by atoms with Gasteiger partial charge in [-0.3, -0.25) is 4.79 Å². The summed E-state index contributed by atoms with van der Waals surface area (Å²) >= 11 is 0. The van der Waals surface area contributed by atoms with Gasteiger partial charge in [-0.1, -0.05) is 0 Å². The van der Waals surface area contributed by atoms with Crippen molar-refractivity contribution in [2.75, 3.05) is 20.3 Å². The Morgan fingerprint density at radius 1 is 1.32 bits per heavy atom. The number of carbonyl (C=O) groups excluding carboxylic acids is 1. The number of methoxy groups -OCH3 is 1. The van der Waals surface area contributed by atoms with Crippen LogP contribution < -0.4 is 5.73 Å². The van der Waals surface area contributed by atoms with Gasteiger partial charge in [0.1, 0.15) is 0 Å². The van der Waals surface area contributed by atoms with Crippen molar-refractivity contribution in [2.45, 2.75) is 37.8 Å². The number of aromatic nitrogens is 1. The minimum atomic E-state index is -0.501. The molecule has 2 N–H and O–H groups in total. The van der Waals surface area contributed by atoms with Crippen LogP contribution in [0.2, 0.25) is 0 Å². The van der Waals surface area contributed by atoms with E-state index in [1.165, 1.54) is 0 Å². The van der Waals surface area contributed by atoms with Crippen LogP contribution in [0.5, 0.6) is 0 Å². The van der Waals surface area contributed by atoms with Crippen molar-refractivity contribution >= 4 is 16.8 Å². The molecule has 0 saturated heterocycles. The number of rotatable bonds is 6. The molecule has 1 amide bonds. The van der Waals surface area contributed by atoms with Gasteiger partial charge in [0.2, 0.25) is 0 Å². The Morgan fingerprint density at radius 3 is 2.72 bits per heavy atom.